The third-order valence-electron chi connectivity index (χ3n) is 4.89. The van der Waals surface area contributed by atoms with Crippen LogP contribution in [0.4, 0.5) is 0 Å². The van der Waals surface area contributed by atoms with Gasteiger partial charge in [0.2, 0.25) is 0 Å². The fourth-order valence-electron chi connectivity index (χ4n) is 3.24. The van der Waals surface area contributed by atoms with Crippen molar-refractivity contribution in [2.24, 2.45) is 0 Å². The number of thioether (sulfide) groups is 1. The fraction of sp³-hybridized carbons (Fsp3) is 0.154. The number of carbonyl (C=O) groups is 1. The van der Waals surface area contributed by atoms with Gasteiger partial charge in [0.15, 0.2) is 0 Å². The number of ether oxygens (including phenoxy) is 3. The van der Waals surface area contributed by atoms with Crippen LogP contribution in [-0.2, 0) is 11.3 Å². The normalized spacial score (nSPS) is 14.6. The van der Waals surface area contributed by atoms with Crippen LogP contribution in [0.15, 0.2) is 83.8 Å². The molecule has 0 N–H and O–H groups in total. The van der Waals surface area contributed by atoms with E-state index in [0.29, 0.717) is 34.7 Å². The predicted octanol–water partition coefficient (Wildman–Crippen LogP) is 5.55. The van der Waals surface area contributed by atoms with E-state index in [1.807, 2.05) is 84.9 Å². The number of carbonyl (C=O) groups excluding carboxylic acids is 1. The molecule has 1 fully saturated rings. The number of benzene rings is 3. The lowest BCUT2D eigenvalue weighted by Gasteiger charge is -2.14. The number of methoxy groups -OCH3 is 1. The van der Waals surface area contributed by atoms with Gasteiger partial charge in [-0.15, -0.1) is 0 Å². The number of nitrogens with zero attached hydrogens (tertiary/aromatic N) is 1. The summed E-state index contributed by atoms with van der Waals surface area (Å²) in [5.74, 6) is 2.17. The summed E-state index contributed by atoms with van der Waals surface area (Å²) in [5.41, 5.74) is 1.92. The van der Waals surface area contributed by atoms with Crippen LogP contribution in [0.5, 0.6) is 17.2 Å². The number of rotatable bonds is 9. The van der Waals surface area contributed by atoms with E-state index in [0.717, 1.165) is 22.6 Å². The molecule has 3 aromatic rings. The second-order valence-electron chi connectivity index (χ2n) is 7.20. The first kappa shape index (κ1) is 22.9. The summed E-state index contributed by atoms with van der Waals surface area (Å²) >= 11 is 6.76. The van der Waals surface area contributed by atoms with Crippen molar-refractivity contribution in [2.45, 2.75) is 6.54 Å². The molecule has 0 aliphatic carbocycles. The third kappa shape index (κ3) is 6.15. The van der Waals surface area contributed by atoms with Gasteiger partial charge in [-0.25, -0.2) is 0 Å². The maximum absolute atomic E-state index is 12.9. The molecule has 0 spiro atoms. The third-order valence-corrected chi connectivity index (χ3v) is 6.27. The maximum Gasteiger partial charge on any atom is 0.266 e. The van der Waals surface area contributed by atoms with Crippen molar-refractivity contribution in [1.82, 2.24) is 4.90 Å². The average molecular weight is 478 g/mol. The highest BCUT2D eigenvalue weighted by molar-refractivity contribution is 8.26. The summed E-state index contributed by atoms with van der Waals surface area (Å²) in [6, 6.07) is 24.9. The largest absolute Gasteiger partial charge is 0.497 e. The summed E-state index contributed by atoms with van der Waals surface area (Å²) in [7, 11) is 1.63. The molecule has 0 saturated carbocycles. The smallest absolute Gasteiger partial charge is 0.266 e. The highest BCUT2D eigenvalue weighted by Gasteiger charge is 2.31. The summed E-state index contributed by atoms with van der Waals surface area (Å²) < 4.78 is 17.2. The minimum Gasteiger partial charge on any atom is -0.497 e. The number of hydrogen-bond acceptors (Lipinski definition) is 6. The molecule has 0 radical (unpaired) electrons. The standard InChI is InChI=1S/C26H23NO4S2/c1-29-21-10-12-22(13-11-21)30-14-15-31-23-9-5-8-20(16-23)17-24-25(28)27(26(32)33-24)18-19-6-3-2-4-7-19/h2-13,16-17H,14-15,18H2,1H3. The van der Waals surface area contributed by atoms with Crippen molar-refractivity contribution in [3.63, 3.8) is 0 Å². The van der Waals surface area contributed by atoms with Gasteiger partial charge < -0.3 is 14.2 Å². The molecular formula is C26H23NO4S2. The van der Waals surface area contributed by atoms with Crippen molar-refractivity contribution >= 4 is 40.3 Å². The molecule has 4 rings (SSSR count). The summed E-state index contributed by atoms with van der Waals surface area (Å²) in [6.07, 6.45) is 1.85. The van der Waals surface area contributed by atoms with E-state index in [1.165, 1.54) is 11.8 Å². The molecule has 1 aliphatic rings. The van der Waals surface area contributed by atoms with Crippen LogP contribution in [0.25, 0.3) is 6.08 Å². The lowest BCUT2D eigenvalue weighted by atomic mass is 10.2. The molecule has 1 aliphatic heterocycles. The van der Waals surface area contributed by atoms with Crippen LogP contribution in [0.3, 0.4) is 0 Å². The van der Waals surface area contributed by atoms with E-state index in [4.69, 9.17) is 26.4 Å². The van der Waals surface area contributed by atoms with Gasteiger partial charge in [-0.3, -0.25) is 9.69 Å². The van der Waals surface area contributed by atoms with E-state index in [2.05, 4.69) is 0 Å². The van der Waals surface area contributed by atoms with Gasteiger partial charge in [-0.1, -0.05) is 66.4 Å². The molecule has 33 heavy (non-hydrogen) atoms. The van der Waals surface area contributed by atoms with Gasteiger partial charge in [-0.2, -0.15) is 0 Å². The van der Waals surface area contributed by atoms with Crippen LogP contribution in [0.2, 0.25) is 0 Å². The van der Waals surface area contributed by atoms with E-state index < -0.39 is 0 Å². The first-order chi connectivity index (χ1) is 16.1. The highest BCUT2D eigenvalue weighted by atomic mass is 32.2. The Morgan fingerprint density at radius 2 is 1.58 bits per heavy atom. The number of thiocarbonyl (C=S) groups is 1. The van der Waals surface area contributed by atoms with Crippen molar-refractivity contribution < 1.29 is 19.0 Å². The van der Waals surface area contributed by atoms with Crippen molar-refractivity contribution in [2.75, 3.05) is 20.3 Å². The molecule has 168 valence electrons. The zero-order chi connectivity index (χ0) is 23.0. The molecule has 1 amide bonds. The molecule has 1 saturated heterocycles. The Bertz CT molecular complexity index is 1150. The Kier molecular flexibility index (Phi) is 7.65. The highest BCUT2D eigenvalue weighted by Crippen LogP contribution is 2.34. The van der Waals surface area contributed by atoms with Crippen LogP contribution < -0.4 is 14.2 Å². The molecule has 3 aromatic carbocycles. The zero-order valence-electron chi connectivity index (χ0n) is 18.1. The second kappa shape index (κ2) is 11.0. The molecule has 0 aromatic heterocycles. The molecule has 5 nitrogen and oxygen atoms in total. The second-order valence-corrected chi connectivity index (χ2v) is 8.87. The summed E-state index contributed by atoms with van der Waals surface area (Å²) in [4.78, 5) is 15.1. The van der Waals surface area contributed by atoms with E-state index in [-0.39, 0.29) is 5.91 Å². The number of hydrogen-bond donors (Lipinski definition) is 0. The molecule has 0 bridgehead atoms. The Hall–Kier alpha value is -3.29. The Morgan fingerprint density at radius 1 is 0.879 bits per heavy atom. The summed E-state index contributed by atoms with van der Waals surface area (Å²) in [6.45, 7) is 1.28. The van der Waals surface area contributed by atoms with E-state index >= 15 is 0 Å². The average Bonchev–Trinajstić information content (AvgIpc) is 3.10. The lowest BCUT2D eigenvalue weighted by Crippen LogP contribution is -2.27. The number of amides is 1. The maximum atomic E-state index is 12.9. The monoisotopic (exact) mass is 477 g/mol. The van der Waals surface area contributed by atoms with Crippen molar-refractivity contribution in [1.29, 1.82) is 0 Å². The molecule has 0 unspecified atom stereocenters. The van der Waals surface area contributed by atoms with Crippen LogP contribution in [0.1, 0.15) is 11.1 Å². The van der Waals surface area contributed by atoms with E-state index in [1.54, 1.807) is 12.0 Å². The Morgan fingerprint density at radius 3 is 2.30 bits per heavy atom. The van der Waals surface area contributed by atoms with Gasteiger partial charge in [0, 0.05) is 0 Å². The Balaban J connectivity index is 1.33. The minimum atomic E-state index is -0.0759. The van der Waals surface area contributed by atoms with Gasteiger partial charge in [0.05, 0.1) is 18.6 Å². The lowest BCUT2D eigenvalue weighted by molar-refractivity contribution is -0.122. The predicted molar refractivity (Wildman–Crippen MR) is 136 cm³/mol. The fourth-order valence-corrected chi connectivity index (χ4v) is 4.49. The van der Waals surface area contributed by atoms with Crippen LogP contribution in [0, 0.1) is 0 Å². The first-order valence-electron chi connectivity index (χ1n) is 10.4. The SMILES string of the molecule is COc1ccc(OCCOc2cccc(C=C3SC(=S)N(Cc4ccccc4)C3=O)c2)cc1. The van der Waals surface area contributed by atoms with Crippen molar-refractivity contribution in [3.8, 4) is 17.2 Å². The first-order valence-corrected chi connectivity index (χ1v) is 11.6. The Labute approximate surface area is 203 Å². The minimum absolute atomic E-state index is 0.0759. The zero-order valence-corrected chi connectivity index (χ0v) is 19.7. The molecular weight excluding hydrogens is 454 g/mol. The molecule has 0 atom stereocenters. The van der Waals surface area contributed by atoms with Crippen LogP contribution >= 0.6 is 24.0 Å². The van der Waals surface area contributed by atoms with Crippen LogP contribution in [-0.4, -0.2) is 35.5 Å². The topological polar surface area (TPSA) is 48.0 Å². The van der Waals surface area contributed by atoms with Gasteiger partial charge >= 0.3 is 0 Å². The van der Waals surface area contributed by atoms with Gasteiger partial charge in [0.25, 0.3) is 5.91 Å². The van der Waals surface area contributed by atoms with Gasteiger partial charge in [-0.05, 0) is 53.6 Å². The molecule has 1 heterocycles. The quantitative estimate of drug-likeness (QED) is 0.229. The summed E-state index contributed by atoms with van der Waals surface area (Å²) in [5, 5.41) is 0. The van der Waals surface area contributed by atoms with Gasteiger partial charge in [0.1, 0.15) is 34.8 Å². The van der Waals surface area contributed by atoms with E-state index in [9.17, 15) is 4.79 Å². The molecule has 7 heteroatoms. The van der Waals surface area contributed by atoms with Crippen molar-refractivity contribution in [3.05, 3.63) is 94.9 Å².